The van der Waals surface area contributed by atoms with Gasteiger partial charge in [-0.05, 0) is 67.1 Å². The summed E-state index contributed by atoms with van der Waals surface area (Å²) < 4.78 is 10.6. The number of nitrogens with one attached hydrogen (secondary N) is 1. The van der Waals surface area contributed by atoms with Crippen molar-refractivity contribution in [3.05, 3.63) is 88.9 Å². The molecule has 0 saturated heterocycles. The average Bonchev–Trinajstić information content (AvgIpc) is 2.70. The van der Waals surface area contributed by atoms with E-state index < -0.39 is 5.97 Å². The molecule has 3 rings (SSSR count). The second-order valence-corrected chi connectivity index (χ2v) is 6.43. The van der Waals surface area contributed by atoms with E-state index in [2.05, 4.69) is 5.32 Å². The van der Waals surface area contributed by atoms with Gasteiger partial charge < -0.3 is 14.8 Å². The first-order chi connectivity index (χ1) is 13.5. The van der Waals surface area contributed by atoms with Crippen molar-refractivity contribution in [1.82, 2.24) is 0 Å². The third kappa shape index (κ3) is 5.34. The fourth-order valence-electron chi connectivity index (χ4n) is 2.41. The Morgan fingerprint density at radius 1 is 0.929 bits per heavy atom. The summed E-state index contributed by atoms with van der Waals surface area (Å²) in [5.41, 5.74) is 2.02. The molecular weight excluding hydrogens is 378 g/mol. The van der Waals surface area contributed by atoms with Gasteiger partial charge in [-0.3, -0.25) is 4.79 Å². The number of esters is 1. The maximum Gasteiger partial charge on any atom is 0.349 e. The largest absolute Gasteiger partial charge is 0.482 e. The number of benzene rings is 3. The SMILES string of the molecule is Cc1cc(OCC(=O)Oc2ccc(C(=O)Nc3ccccc3)cc2)ccc1Cl. The summed E-state index contributed by atoms with van der Waals surface area (Å²) >= 11 is 5.96. The Labute approximate surface area is 167 Å². The number of halogens is 1. The molecule has 0 bridgehead atoms. The molecule has 0 spiro atoms. The molecule has 5 nitrogen and oxygen atoms in total. The van der Waals surface area contributed by atoms with Crippen LogP contribution in [0.15, 0.2) is 72.8 Å². The molecule has 0 saturated carbocycles. The van der Waals surface area contributed by atoms with Crippen LogP contribution in [0.2, 0.25) is 5.02 Å². The van der Waals surface area contributed by atoms with Gasteiger partial charge in [-0.15, -0.1) is 0 Å². The minimum atomic E-state index is -0.547. The average molecular weight is 396 g/mol. The molecule has 0 atom stereocenters. The summed E-state index contributed by atoms with van der Waals surface area (Å²) in [7, 11) is 0. The first-order valence-electron chi connectivity index (χ1n) is 8.57. The molecule has 1 N–H and O–H groups in total. The molecule has 28 heavy (non-hydrogen) atoms. The predicted octanol–water partition coefficient (Wildman–Crippen LogP) is 4.89. The zero-order valence-corrected chi connectivity index (χ0v) is 15.9. The van der Waals surface area contributed by atoms with Gasteiger partial charge in [0, 0.05) is 16.3 Å². The van der Waals surface area contributed by atoms with Crippen LogP contribution in [-0.2, 0) is 4.79 Å². The van der Waals surface area contributed by atoms with E-state index in [0.29, 0.717) is 27.8 Å². The van der Waals surface area contributed by atoms with Crippen LogP contribution in [-0.4, -0.2) is 18.5 Å². The van der Waals surface area contributed by atoms with Gasteiger partial charge in [-0.2, -0.15) is 0 Å². The number of carbonyl (C=O) groups excluding carboxylic acids is 2. The highest BCUT2D eigenvalue weighted by atomic mass is 35.5. The number of para-hydroxylation sites is 1. The van der Waals surface area contributed by atoms with E-state index in [1.165, 1.54) is 0 Å². The van der Waals surface area contributed by atoms with Crippen molar-refractivity contribution in [2.45, 2.75) is 6.92 Å². The van der Waals surface area contributed by atoms with Crippen LogP contribution >= 0.6 is 11.6 Å². The Balaban J connectivity index is 1.52. The van der Waals surface area contributed by atoms with Crippen molar-refractivity contribution in [3.8, 4) is 11.5 Å². The van der Waals surface area contributed by atoms with Crippen LogP contribution in [0.4, 0.5) is 5.69 Å². The monoisotopic (exact) mass is 395 g/mol. The molecule has 0 radical (unpaired) electrons. The molecule has 3 aromatic carbocycles. The van der Waals surface area contributed by atoms with Gasteiger partial charge in [0.2, 0.25) is 0 Å². The highest BCUT2D eigenvalue weighted by molar-refractivity contribution is 6.31. The lowest BCUT2D eigenvalue weighted by Crippen LogP contribution is -2.18. The fraction of sp³-hybridized carbons (Fsp3) is 0.0909. The maximum atomic E-state index is 12.2. The smallest absolute Gasteiger partial charge is 0.349 e. The lowest BCUT2D eigenvalue weighted by atomic mass is 10.2. The molecule has 6 heteroatoms. The van der Waals surface area contributed by atoms with Crippen molar-refractivity contribution < 1.29 is 19.1 Å². The molecule has 142 valence electrons. The van der Waals surface area contributed by atoms with Crippen LogP contribution in [0.1, 0.15) is 15.9 Å². The van der Waals surface area contributed by atoms with Crippen molar-refractivity contribution in [3.63, 3.8) is 0 Å². The lowest BCUT2D eigenvalue weighted by Gasteiger charge is -2.09. The zero-order chi connectivity index (χ0) is 19.9. The highest BCUT2D eigenvalue weighted by Gasteiger charge is 2.09. The number of hydrogen-bond acceptors (Lipinski definition) is 4. The molecule has 0 heterocycles. The van der Waals surface area contributed by atoms with Crippen molar-refractivity contribution in [1.29, 1.82) is 0 Å². The van der Waals surface area contributed by atoms with Gasteiger partial charge in [0.25, 0.3) is 5.91 Å². The first-order valence-corrected chi connectivity index (χ1v) is 8.95. The number of hydrogen-bond donors (Lipinski definition) is 1. The highest BCUT2D eigenvalue weighted by Crippen LogP contribution is 2.21. The second kappa shape index (κ2) is 9.06. The van der Waals surface area contributed by atoms with Crippen LogP contribution in [0.25, 0.3) is 0 Å². The van der Waals surface area contributed by atoms with E-state index in [0.717, 1.165) is 5.56 Å². The van der Waals surface area contributed by atoms with Gasteiger partial charge in [0.15, 0.2) is 6.61 Å². The summed E-state index contributed by atoms with van der Waals surface area (Å²) in [6, 6.07) is 20.6. The predicted molar refractivity (Wildman–Crippen MR) is 108 cm³/mol. The fourth-order valence-corrected chi connectivity index (χ4v) is 2.53. The number of aryl methyl sites for hydroxylation is 1. The third-order valence-electron chi connectivity index (χ3n) is 3.87. The van der Waals surface area contributed by atoms with E-state index in [1.807, 2.05) is 25.1 Å². The lowest BCUT2D eigenvalue weighted by molar-refractivity contribution is -0.136. The van der Waals surface area contributed by atoms with Gasteiger partial charge in [-0.1, -0.05) is 29.8 Å². The number of rotatable bonds is 6. The van der Waals surface area contributed by atoms with Crippen LogP contribution in [0.5, 0.6) is 11.5 Å². The quantitative estimate of drug-likeness (QED) is 0.477. The Bertz CT molecular complexity index is 972. The molecule has 0 aromatic heterocycles. The number of ether oxygens (including phenoxy) is 2. The van der Waals surface area contributed by atoms with Gasteiger partial charge in [0.05, 0.1) is 0 Å². The topological polar surface area (TPSA) is 64.6 Å². The number of amides is 1. The van der Waals surface area contributed by atoms with E-state index in [-0.39, 0.29) is 12.5 Å². The Morgan fingerprint density at radius 3 is 2.29 bits per heavy atom. The van der Waals surface area contributed by atoms with Gasteiger partial charge in [0.1, 0.15) is 11.5 Å². The maximum absolute atomic E-state index is 12.2. The van der Waals surface area contributed by atoms with E-state index >= 15 is 0 Å². The van der Waals surface area contributed by atoms with Crippen molar-refractivity contribution >= 4 is 29.2 Å². The van der Waals surface area contributed by atoms with Crippen LogP contribution in [0, 0.1) is 6.92 Å². The molecular formula is C22H18ClNO4. The Morgan fingerprint density at radius 2 is 1.61 bits per heavy atom. The normalized spacial score (nSPS) is 10.2. The molecule has 0 fully saturated rings. The molecule has 1 amide bonds. The third-order valence-corrected chi connectivity index (χ3v) is 4.29. The first kappa shape index (κ1) is 19.5. The summed E-state index contributed by atoms with van der Waals surface area (Å²) in [5.74, 6) is 0.0727. The van der Waals surface area contributed by atoms with Gasteiger partial charge >= 0.3 is 5.97 Å². The van der Waals surface area contributed by atoms with E-state index in [4.69, 9.17) is 21.1 Å². The summed E-state index contributed by atoms with van der Waals surface area (Å²) in [4.78, 5) is 24.2. The Hall–Kier alpha value is -3.31. The minimum absolute atomic E-state index is 0.239. The summed E-state index contributed by atoms with van der Waals surface area (Å²) in [6.45, 7) is 1.61. The second-order valence-electron chi connectivity index (χ2n) is 6.02. The van der Waals surface area contributed by atoms with Crippen molar-refractivity contribution in [2.75, 3.05) is 11.9 Å². The van der Waals surface area contributed by atoms with Gasteiger partial charge in [-0.25, -0.2) is 4.79 Å². The van der Waals surface area contributed by atoms with Crippen LogP contribution in [0.3, 0.4) is 0 Å². The Kier molecular flexibility index (Phi) is 6.29. The zero-order valence-electron chi connectivity index (χ0n) is 15.1. The molecule has 0 aliphatic heterocycles. The summed E-state index contributed by atoms with van der Waals surface area (Å²) in [5, 5.41) is 3.42. The number of anilines is 1. The standard InChI is InChI=1S/C22H18ClNO4/c1-15-13-19(11-12-20(15)23)27-14-21(25)28-18-9-7-16(8-10-18)22(26)24-17-5-3-2-4-6-17/h2-13H,14H2,1H3,(H,24,26). The molecule has 0 unspecified atom stereocenters. The summed E-state index contributed by atoms with van der Waals surface area (Å²) in [6.07, 6.45) is 0. The minimum Gasteiger partial charge on any atom is -0.482 e. The van der Waals surface area contributed by atoms with Crippen LogP contribution < -0.4 is 14.8 Å². The van der Waals surface area contributed by atoms with E-state index in [9.17, 15) is 9.59 Å². The van der Waals surface area contributed by atoms with Crippen molar-refractivity contribution in [2.24, 2.45) is 0 Å². The molecule has 0 aliphatic rings. The van der Waals surface area contributed by atoms with E-state index in [1.54, 1.807) is 54.6 Å². The molecule has 0 aliphatic carbocycles. The number of carbonyl (C=O) groups is 2. The molecule has 3 aromatic rings.